The molecule has 1 N–H and O–H groups in total. The molecule has 3 heterocycles. The van der Waals surface area contributed by atoms with E-state index in [9.17, 15) is 4.79 Å². The normalized spacial score (nSPS) is 15.3. The monoisotopic (exact) mass is 409 g/mol. The second kappa shape index (κ2) is 7.83. The lowest BCUT2D eigenvalue weighted by atomic mass is 10.0. The number of rotatable bonds is 6. The zero-order valence-electron chi connectivity index (χ0n) is 16.6. The molecule has 29 heavy (non-hydrogen) atoms. The number of ether oxygens (including phenoxy) is 2. The van der Waals surface area contributed by atoms with E-state index in [2.05, 4.69) is 15.3 Å². The van der Waals surface area contributed by atoms with Gasteiger partial charge in [-0.05, 0) is 39.0 Å². The van der Waals surface area contributed by atoms with Gasteiger partial charge in [-0.25, -0.2) is 4.98 Å². The van der Waals surface area contributed by atoms with Gasteiger partial charge in [0.15, 0.2) is 18.1 Å². The van der Waals surface area contributed by atoms with Crippen LogP contribution in [-0.2, 0) is 11.2 Å². The average Bonchev–Trinajstić information content (AvgIpc) is 3.30. The Labute approximate surface area is 173 Å². The highest BCUT2D eigenvalue weighted by Gasteiger charge is 2.32. The average molecular weight is 410 g/mol. The molecule has 3 aromatic rings. The van der Waals surface area contributed by atoms with Gasteiger partial charge in [0.1, 0.15) is 10.6 Å². The van der Waals surface area contributed by atoms with Crippen LogP contribution in [-0.4, -0.2) is 28.1 Å². The van der Waals surface area contributed by atoms with Gasteiger partial charge in [-0.3, -0.25) is 9.78 Å². The van der Waals surface area contributed by atoms with Crippen molar-refractivity contribution in [3.8, 4) is 22.8 Å². The molecule has 0 saturated carbocycles. The van der Waals surface area contributed by atoms with Gasteiger partial charge in [0.25, 0.3) is 5.91 Å². The Morgan fingerprint density at radius 3 is 3.00 bits per heavy atom. The number of fused-ring (bicyclic) bond motifs is 1. The van der Waals surface area contributed by atoms with Crippen LogP contribution in [0.25, 0.3) is 11.3 Å². The standard InChI is InChI=1S/C22H23N3O3S/c1-14(21-25-17(13-29-21)16-7-5-9-23-11-16)24-19(26)12-27-18-8-4-6-15-10-22(2,3)28-20(15)18/h4-9,11,13-14H,10,12H2,1-3H3,(H,24,26). The number of benzene rings is 1. The Kier molecular flexibility index (Phi) is 5.24. The largest absolute Gasteiger partial charge is 0.483 e. The van der Waals surface area contributed by atoms with Crippen LogP contribution in [0, 0.1) is 0 Å². The minimum Gasteiger partial charge on any atom is -0.483 e. The molecule has 0 bridgehead atoms. The van der Waals surface area contributed by atoms with Crippen LogP contribution in [0.3, 0.4) is 0 Å². The Morgan fingerprint density at radius 1 is 1.34 bits per heavy atom. The van der Waals surface area contributed by atoms with Gasteiger partial charge in [-0.1, -0.05) is 12.1 Å². The molecule has 6 nitrogen and oxygen atoms in total. The molecule has 0 fully saturated rings. The predicted molar refractivity (Wildman–Crippen MR) is 112 cm³/mol. The van der Waals surface area contributed by atoms with Crippen LogP contribution < -0.4 is 14.8 Å². The minimum atomic E-state index is -0.255. The van der Waals surface area contributed by atoms with E-state index in [1.165, 1.54) is 11.3 Å². The highest BCUT2D eigenvalue weighted by atomic mass is 32.1. The number of pyridine rings is 1. The first-order valence-corrected chi connectivity index (χ1v) is 10.4. The highest BCUT2D eigenvalue weighted by Crippen LogP contribution is 2.41. The van der Waals surface area contributed by atoms with Crippen molar-refractivity contribution in [3.63, 3.8) is 0 Å². The lowest BCUT2D eigenvalue weighted by Gasteiger charge is -2.18. The SMILES string of the molecule is CC(NC(=O)COc1cccc2c1OC(C)(C)C2)c1nc(-c2cccnc2)cs1. The topological polar surface area (TPSA) is 73.3 Å². The van der Waals surface area contributed by atoms with Gasteiger partial charge in [0, 0.05) is 35.3 Å². The second-order valence-corrected chi connectivity index (χ2v) is 8.56. The summed E-state index contributed by atoms with van der Waals surface area (Å²) in [6, 6.07) is 9.42. The molecule has 1 aromatic carbocycles. The van der Waals surface area contributed by atoms with Crippen molar-refractivity contribution < 1.29 is 14.3 Å². The third kappa shape index (κ3) is 4.40. The van der Waals surface area contributed by atoms with Crippen LogP contribution in [0.1, 0.15) is 37.4 Å². The van der Waals surface area contributed by atoms with Crippen molar-refractivity contribution in [2.75, 3.05) is 6.61 Å². The summed E-state index contributed by atoms with van der Waals surface area (Å²) in [6.45, 7) is 5.92. The fourth-order valence-corrected chi connectivity index (χ4v) is 4.16. The van der Waals surface area contributed by atoms with Crippen molar-refractivity contribution in [1.29, 1.82) is 0 Å². The molecule has 1 atom stereocenters. The molecular weight excluding hydrogens is 386 g/mol. The van der Waals surface area contributed by atoms with Crippen LogP contribution in [0.2, 0.25) is 0 Å². The van der Waals surface area contributed by atoms with E-state index in [1.54, 1.807) is 12.4 Å². The summed E-state index contributed by atoms with van der Waals surface area (Å²) in [5, 5.41) is 5.75. The van der Waals surface area contributed by atoms with Gasteiger partial charge >= 0.3 is 0 Å². The smallest absolute Gasteiger partial charge is 0.258 e. The van der Waals surface area contributed by atoms with Crippen LogP contribution in [0.15, 0.2) is 48.1 Å². The van der Waals surface area contributed by atoms with E-state index >= 15 is 0 Å². The fourth-order valence-electron chi connectivity index (χ4n) is 3.32. The highest BCUT2D eigenvalue weighted by molar-refractivity contribution is 7.10. The molecule has 0 saturated heterocycles. The van der Waals surface area contributed by atoms with Crippen LogP contribution in [0.5, 0.6) is 11.5 Å². The summed E-state index contributed by atoms with van der Waals surface area (Å²) in [7, 11) is 0. The van der Waals surface area contributed by atoms with E-state index in [4.69, 9.17) is 9.47 Å². The van der Waals surface area contributed by atoms with Crippen LogP contribution in [0.4, 0.5) is 0 Å². The maximum Gasteiger partial charge on any atom is 0.258 e. The summed E-state index contributed by atoms with van der Waals surface area (Å²) in [5.74, 6) is 1.13. The van der Waals surface area contributed by atoms with Crippen molar-refractivity contribution >= 4 is 17.2 Å². The summed E-state index contributed by atoms with van der Waals surface area (Å²) in [4.78, 5) is 21.1. The first-order valence-electron chi connectivity index (χ1n) is 9.50. The number of carbonyl (C=O) groups is 1. The van der Waals surface area contributed by atoms with Crippen molar-refractivity contribution in [2.45, 2.75) is 38.8 Å². The summed E-state index contributed by atoms with van der Waals surface area (Å²) < 4.78 is 11.7. The van der Waals surface area contributed by atoms with Gasteiger partial charge in [-0.15, -0.1) is 11.3 Å². The Balaban J connectivity index is 1.35. The summed E-state index contributed by atoms with van der Waals surface area (Å²) in [6.07, 6.45) is 4.33. The van der Waals surface area contributed by atoms with E-state index in [0.717, 1.165) is 34.0 Å². The number of nitrogens with one attached hydrogen (secondary N) is 1. The first-order chi connectivity index (χ1) is 13.9. The molecular formula is C22H23N3O3S. The number of thiazole rings is 1. The third-order valence-electron chi connectivity index (χ3n) is 4.64. The summed E-state index contributed by atoms with van der Waals surface area (Å²) >= 11 is 1.51. The summed E-state index contributed by atoms with van der Waals surface area (Å²) in [5.41, 5.74) is 2.66. The third-order valence-corrected chi connectivity index (χ3v) is 5.67. The second-order valence-electron chi connectivity index (χ2n) is 7.67. The zero-order chi connectivity index (χ0) is 20.4. The Bertz CT molecular complexity index is 1020. The predicted octanol–water partition coefficient (Wildman–Crippen LogP) is 4.17. The number of para-hydroxylation sites is 1. The van der Waals surface area contributed by atoms with Gasteiger partial charge in [0.05, 0.1) is 11.7 Å². The molecule has 0 radical (unpaired) electrons. The minimum absolute atomic E-state index is 0.0780. The van der Waals surface area contributed by atoms with Crippen molar-refractivity contribution in [1.82, 2.24) is 15.3 Å². The van der Waals surface area contributed by atoms with Gasteiger partial charge < -0.3 is 14.8 Å². The molecule has 0 aliphatic carbocycles. The van der Waals surface area contributed by atoms with Crippen LogP contribution >= 0.6 is 11.3 Å². The molecule has 4 rings (SSSR count). The molecule has 2 aromatic heterocycles. The molecule has 7 heteroatoms. The Hall–Kier alpha value is -2.93. The first kappa shape index (κ1) is 19.4. The number of aromatic nitrogens is 2. The van der Waals surface area contributed by atoms with Gasteiger partial charge in [-0.2, -0.15) is 0 Å². The lowest BCUT2D eigenvalue weighted by Crippen LogP contribution is -2.31. The maximum atomic E-state index is 12.4. The quantitative estimate of drug-likeness (QED) is 0.661. The van der Waals surface area contributed by atoms with E-state index in [1.807, 2.05) is 56.5 Å². The van der Waals surface area contributed by atoms with E-state index in [0.29, 0.717) is 5.75 Å². The zero-order valence-corrected chi connectivity index (χ0v) is 17.5. The molecule has 150 valence electrons. The van der Waals surface area contributed by atoms with E-state index in [-0.39, 0.29) is 24.2 Å². The molecule has 1 amide bonds. The van der Waals surface area contributed by atoms with Crippen molar-refractivity contribution in [3.05, 3.63) is 58.7 Å². The number of nitrogens with zero attached hydrogens (tertiary/aromatic N) is 2. The fraction of sp³-hybridized carbons (Fsp3) is 0.318. The van der Waals surface area contributed by atoms with Gasteiger partial charge in [0.2, 0.25) is 0 Å². The maximum absolute atomic E-state index is 12.4. The van der Waals surface area contributed by atoms with Crippen molar-refractivity contribution in [2.24, 2.45) is 0 Å². The molecule has 1 unspecified atom stereocenters. The number of carbonyl (C=O) groups excluding carboxylic acids is 1. The molecule has 1 aliphatic heterocycles. The van der Waals surface area contributed by atoms with E-state index < -0.39 is 0 Å². The molecule has 0 spiro atoms. The number of hydrogen-bond acceptors (Lipinski definition) is 6. The lowest BCUT2D eigenvalue weighted by molar-refractivity contribution is -0.123. The number of hydrogen-bond donors (Lipinski definition) is 1. The molecule has 1 aliphatic rings. The Morgan fingerprint density at radius 2 is 2.21 bits per heavy atom. The number of amides is 1.